The average molecular weight is 184 g/mol. The Hall–Kier alpha value is -0.0800. The summed E-state index contributed by atoms with van der Waals surface area (Å²) in [5, 5.41) is 0. The molecular formula is C11H24N2. The molecule has 1 rings (SSSR count). The summed E-state index contributed by atoms with van der Waals surface area (Å²) in [5.74, 6) is 0. The van der Waals surface area contributed by atoms with Gasteiger partial charge in [0.2, 0.25) is 0 Å². The summed E-state index contributed by atoms with van der Waals surface area (Å²) >= 11 is 0. The Morgan fingerprint density at radius 2 is 1.69 bits per heavy atom. The third-order valence-corrected chi connectivity index (χ3v) is 3.24. The molecule has 2 heteroatoms. The van der Waals surface area contributed by atoms with Crippen LogP contribution >= 0.6 is 0 Å². The topological polar surface area (TPSA) is 6.48 Å². The van der Waals surface area contributed by atoms with Crippen molar-refractivity contribution in [1.82, 2.24) is 9.80 Å². The van der Waals surface area contributed by atoms with Crippen LogP contribution in [0, 0.1) is 0 Å². The Balaban J connectivity index is 2.54. The molecule has 1 saturated heterocycles. The molecule has 0 aromatic heterocycles. The van der Waals surface area contributed by atoms with E-state index < -0.39 is 0 Å². The Labute approximate surface area is 82.9 Å². The van der Waals surface area contributed by atoms with Crippen LogP contribution < -0.4 is 0 Å². The largest absolute Gasteiger partial charge is 0.302 e. The van der Waals surface area contributed by atoms with Crippen molar-refractivity contribution in [3.63, 3.8) is 0 Å². The molecule has 78 valence electrons. The zero-order valence-corrected chi connectivity index (χ0v) is 9.80. The van der Waals surface area contributed by atoms with Crippen molar-refractivity contribution in [3.05, 3.63) is 0 Å². The van der Waals surface area contributed by atoms with Gasteiger partial charge in [0, 0.05) is 31.2 Å². The zero-order chi connectivity index (χ0) is 10.1. The number of likely N-dealkylation sites (N-methyl/N-ethyl adjacent to an activating group) is 1. The van der Waals surface area contributed by atoms with Gasteiger partial charge in [0.05, 0.1) is 0 Å². The minimum Gasteiger partial charge on any atom is -0.302 e. The van der Waals surface area contributed by atoms with Crippen molar-refractivity contribution in [1.29, 1.82) is 0 Å². The normalized spacial score (nSPS) is 28.8. The summed E-state index contributed by atoms with van der Waals surface area (Å²) in [7, 11) is 2.23. The van der Waals surface area contributed by atoms with Gasteiger partial charge < -0.3 is 4.90 Å². The van der Waals surface area contributed by atoms with Crippen LogP contribution in [0.15, 0.2) is 0 Å². The first-order chi connectivity index (χ1) is 5.91. The molecule has 1 heterocycles. The first-order valence-electron chi connectivity index (χ1n) is 5.36. The van der Waals surface area contributed by atoms with Crippen molar-refractivity contribution in [3.8, 4) is 0 Å². The van der Waals surface area contributed by atoms with E-state index in [1.165, 1.54) is 26.1 Å². The zero-order valence-electron chi connectivity index (χ0n) is 9.80. The van der Waals surface area contributed by atoms with Gasteiger partial charge in [-0.3, -0.25) is 4.90 Å². The number of rotatable bonds is 0. The van der Waals surface area contributed by atoms with Crippen molar-refractivity contribution in [2.75, 3.05) is 26.7 Å². The van der Waals surface area contributed by atoms with Crippen LogP contribution in [0.2, 0.25) is 0 Å². The first-order valence-corrected chi connectivity index (χ1v) is 5.36. The van der Waals surface area contributed by atoms with Crippen LogP contribution in [0.25, 0.3) is 0 Å². The van der Waals surface area contributed by atoms with Gasteiger partial charge >= 0.3 is 0 Å². The smallest absolute Gasteiger partial charge is 0.0125 e. The van der Waals surface area contributed by atoms with Crippen molar-refractivity contribution >= 4 is 0 Å². The van der Waals surface area contributed by atoms with Gasteiger partial charge in [-0.1, -0.05) is 0 Å². The lowest BCUT2D eigenvalue weighted by Gasteiger charge is -2.34. The fourth-order valence-electron chi connectivity index (χ4n) is 1.84. The summed E-state index contributed by atoms with van der Waals surface area (Å²) in [6.45, 7) is 12.9. The molecule has 13 heavy (non-hydrogen) atoms. The van der Waals surface area contributed by atoms with Crippen LogP contribution in [-0.4, -0.2) is 48.1 Å². The first kappa shape index (κ1) is 11.0. The van der Waals surface area contributed by atoms with Gasteiger partial charge in [0.25, 0.3) is 0 Å². The second-order valence-electron chi connectivity index (χ2n) is 5.28. The summed E-state index contributed by atoms with van der Waals surface area (Å²) in [5.41, 5.74) is 0.338. The van der Waals surface area contributed by atoms with E-state index in [9.17, 15) is 0 Å². The molecule has 0 aliphatic carbocycles. The molecule has 0 spiro atoms. The lowest BCUT2D eigenvalue weighted by atomic mass is 10.1. The Bertz CT molecular complexity index is 148. The third-order valence-electron chi connectivity index (χ3n) is 3.24. The SMILES string of the molecule is CC1CCN(C(C)(C)C)CCN1C. The van der Waals surface area contributed by atoms with E-state index in [4.69, 9.17) is 0 Å². The highest BCUT2D eigenvalue weighted by Gasteiger charge is 2.25. The lowest BCUT2D eigenvalue weighted by Crippen LogP contribution is -2.43. The molecule has 1 aliphatic rings. The molecule has 0 saturated carbocycles. The minimum absolute atomic E-state index is 0.338. The van der Waals surface area contributed by atoms with E-state index in [0.29, 0.717) is 5.54 Å². The highest BCUT2D eigenvalue weighted by Crippen LogP contribution is 2.17. The fourth-order valence-corrected chi connectivity index (χ4v) is 1.84. The maximum Gasteiger partial charge on any atom is 0.0125 e. The number of hydrogen-bond donors (Lipinski definition) is 0. The second-order valence-corrected chi connectivity index (χ2v) is 5.28. The lowest BCUT2D eigenvalue weighted by molar-refractivity contribution is 0.143. The summed E-state index contributed by atoms with van der Waals surface area (Å²) in [6.07, 6.45) is 1.30. The predicted octanol–water partition coefficient (Wildman–Crippen LogP) is 1.81. The van der Waals surface area contributed by atoms with Crippen LogP contribution in [0.3, 0.4) is 0 Å². The molecular weight excluding hydrogens is 160 g/mol. The van der Waals surface area contributed by atoms with Gasteiger partial charge in [-0.15, -0.1) is 0 Å². The molecule has 1 fully saturated rings. The molecule has 1 aliphatic heterocycles. The number of hydrogen-bond acceptors (Lipinski definition) is 2. The number of nitrogens with zero attached hydrogens (tertiary/aromatic N) is 2. The summed E-state index contributed by atoms with van der Waals surface area (Å²) in [6, 6.07) is 0.743. The molecule has 0 aromatic rings. The van der Waals surface area contributed by atoms with Gasteiger partial charge in [0.1, 0.15) is 0 Å². The van der Waals surface area contributed by atoms with Crippen LogP contribution in [0.1, 0.15) is 34.1 Å². The van der Waals surface area contributed by atoms with E-state index in [1.54, 1.807) is 0 Å². The molecule has 1 atom stereocenters. The minimum atomic E-state index is 0.338. The van der Waals surface area contributed by atoms with Crippen LogP contribution in [-0.2, 0) is 0 Å². The van der Waals surface area contributed by atoms with E-state index in [2.05, 4.69) is 44.5 Å². The second kappa shape index (κ2) is 3.97. The van der Waals surface area contributed by atoms with Gasteiger partial charge in [-0.25, -0.2) is 0 Å². The average Bonchev–Trinajstić information content (AvgIpc) is 2.14. The van der Waals surface area contributed by atoms with E-state index in [1.807, 2.05) is 0 Å². The Morgan fingerprint density at radius 1 is 1.08 bits per heavy atom. The molecule has 0 N–H and O–H groups in total. The van der Waals surface area contributed by atoms with E-state index >= 15 is 0 Å². The van der Waals surface area contributed by atoms with Crippen molar-refractivity contribution in [2.45, 2.75) is 45.7 Å². The molecule has 2 nitrogen and oxygen atoms in total. The molecule has 0 amide bonds. The standard InChI is InChI=1S/C11H24N2/c1-10-6-7-13(11(2,3)4)9-8-12(10)5/h10H,6-9H2,1-5H3. The molecule has 0 bridgehead atoms. The van der Waals surface area contributed by atoms with E-state index in [-0.39, 0.29) is 0 Å². The molecule has 0 aromatic carbocycles. The fraction of sp³-hybridized carbons (Fsp3) is 1.00. The van der Waals surface area contributed by atoms with Crippen molar-refractivity contribution < 1.29 is 0 Å². The van der Waals surface area contributed by atoms with Gasteiger partial charge in [0.15, 0.2) is 0 Å². The summed E-state index contributed by atoms with van der Waals surface area (Å²) < 4.78 is 0. The van der Waals surface area contributed by atoms with Gasteiger partial charge in [-0.2, -0.15) is 0 Å². The Morgan fingerprint density at radius 3 is 2.23 bits per heavy atom. The maximum absolute atomic E-state index is 2.59. The Kier molecular flexibility index (Phi) is 3.36. The highest BCUT2D eigenvalue weighted by molar-refractivity contribution is 4.81. The predicted molar refractivity (Wildman–Crippen MR) is 58.0 cm³/mol. The van der Waals surface area contributed by atoms with Crippen LogP contribution in [0.5, 0.6) is 0 Å². The monoisotopic (exact) mass is 184 g/mol. The molecule has 1 unspecified atom stereocenters. The van der Waals surface area contributed by atoms with Gasteiger partial charge in [-0.05, 0) is 41.2 Å². The van der Waals surface area contributed by atoms with E-state index in [0.717, 1.165) is 6.04 Å². The van der Waals surface area contributed by atoms with Crippen LogP contribution in [0.4, 0.5) is 0 Å². The molecule has 0 radical (unpaired) electrons. The summed E-state index contributed by atoms with van der Waals surface area (Å²) in [4.78, 5) is 5.05. The highest BCUT2D eigenvalue weighted by atomic mass is 15.2. The quantitative estimate of drug-likeness (QED) is 0.566. The van der Waals surface area contributed by atoms with Crippen molar-refractivity contribution in [2.24, 2.45) is 0 Å². The maximum atomic E-state index is 2.59. The third kappa shape index (κ3) is 2.96.